The van der Waals surface area contributed by atoms with Crippen LogP contribution in [0.4, 0.5) is 0 Å². The highest BCUT2D eigenvalue weighted by atomic mass is 32.2. The molecule has 0 saturated carbocycles. The predicted molar refractivity (Wildman–Crippen MR) is 69.6 cm³/mol. The summed E-state index contributed by atoms with van der Waals surface area (Å²) in [6, 6.07) is 0. The van der Waals surface area contributed by atoms with E-state index in [0.29, 0.717) is 19.6 Å². The zero-order valence-electron chi connectivity index (χ0n) is 10.8. The van der Waals surface area contributed by atoms with Crippen molar-refractivity contribution in [2.24, 2.45) is 0 Å². The quantitative estimate of drug-likeness (QED) is 0.598. The maximum absolute atomic E-state index is 11.9. The van der Waals surface area contributed by atoms with Crippen molar-refractivity contribution in [3.05, 3.63) is 12.4 Å². The molecule has 0 aliphatic heterocycles. The normalized spacial score (nSPS) is 13.7. The standard InChI is InChI=1S/C10H21N5O2S/c1-3-4-11-9-10(2)18(16,17)13-6-8-15-7-5-12-14-15/h5,7,10-11,13H,3-4,6,8-9H2,1-2H3. The molecule has 0 aliphatic rings. The molecule has 1 atom stereocenters. The van der Waals surface area contributed by atoms with Crippen molar-refractivity contribution in [1.29, 1.82) is 0 Å². The molecule has 1 aromatic rings. The average molecular weight is 275 g/mol. The predicted octanol–water partition coefficient (Wildman–Crippen LogP) is -0.414. The van der Waals surface area contributed by atoms with Crippen LogP contribution in [0.15, 0.2) is 12.4 Å². The average Bonchev–Trinajstić information content (AvgIpc) is 2.82. The fourth-order valence-electron chi connectivity index (χ4n) is 1.39. The largest absolute Gasteiger partial charge is 0.315 e. The Morgan fingerprint density at radius 3 is 2.78 bits per heavy atom. The zero-order valence-corrected chi connectivity index (χ0v) is 11.7. The molecular formula is C10H21N5O2S. The van der Waals surface area contributed by atoms with E-state index in [1.807, 2.05) is 6.92 Å². The molecule has 1 rings (SSSR count). The first-order valence-corrected chi connectivity index (χ1v) is 7.64. The summed E-state index contributed by atoms with van der Waals surface area (Å²) in [4.78, 5) is 0. The Bertz CT molecular complexity index is 417. The third-order valence-corrected chi connectivity index (χ3v) is 4.34. The van der Waals surface area contributed by atoms with Gasteiger partial charge in [-0.05, 0) is 19.9 Å². The van der Waals surface area contributed by atoms with Gasteiger partial charge in [0.25, 0.3) is 0 Å². The third-order valence-electron chi connectivity index (χ3n) is 2.50. The van der Waals surface area contributed by atoms with Gasteiger partial charge in [-0.3, -0.25) is 4.68 Å². The van der Waals surface area contributed by atoms with Gasteiger partial charge in [-0.2, -0.15) is 0 Å². The Labute approximate surface area is 108 Å². The van der Waals surface area contributed by atoms with Crippen LogP contribution in [0.25, 0.3) is 0 Å². The molecule has 0 saturated heterocycles. The van der Waals surface area contributed by atoms with E-state index in [4.69, 9.17) is 0 Å². The minimum Gasteiger partial charge on any atom is -0.315 e. The van der Waals surface area contributed by atoms with Crippen LogP contribution in [0.1, 0.15) is 20.3 Å². The van der Waals surface area contributed by atoms with Gasteiger partial charge in [0.2, 0.25) is 10.0 Å². The van der Waals surface area contributed by atoms with Gasteiger partial charge >= 0.3 is 0 Å². The first-order chi connectivity index (χ1) is 8.56. The van der Waals surface area contributed by atoms with Gasteiger partial charge in [-0.1, -0.05) is 12.1 Å². The van der Waals surface area contributed by atoms with Crippen LogP contribution in [0, 0.1) is 0 Å². The second kappa shape index (κ2) is 7.45. The molecule has 7 nitrogen and oxygen atoms in total. The first-order valence-electron chi connectivity index (χ1n) is 6.09. The van der Waals surface area contributed by atoms with Crippen LogP contribution in [-0.4, -0.2) is 48.3 Å². The summed E-state index contributed by atoms with van der Waals surface area (Å²) in [7, 11) is -3.27. The number of hydrogen-bond donors (Lipinski definition) is 2. The highest BCUT2D eigenvalue weighted by Crippen LogP contribution is 1.96. The molecule has 0 radical (unpaired) electrons. The van der Waals surface area contributed by atoms with Gasteiger partial charge in [0.1, 0.15) is 0 Å². The topological polar surface area (TPSA) is 88.9 Å². The maximum atomic E-state index is 11.9. The number of sulfonamides is 1. The van der Waals surface area contributed by atoms with Gasteiger partial charge in [0.15, 0.2) is 0 Å². The van der Waals surface area contributed by atoms with E-state index < -0.39 is 15.3 Å². The van der Waals surface area contributed by atoms with Crippen LogP contribution in [0.3, 0.4) is 0 Å². The second-order valence-electron chi connectivity index (χ2n) is 4.12. The van der Waals surface area contributed by atoms with E-state index in [2.05, 4.69) is 20.4 Å². The van der Waals surface area contributed by atoms with Crippen molar-refractivity contribution in [3.63, 3.8) is 0 Å². The lowest BCUT2D eigenvalue weighted by atomic mass is 10.4. The van der Waals surface area contributed by atoms with E-state index in [-0.39, 0.29) is 0 Å². The lowest BCUT2D eigenvalue weighted by molar-refractivity contribution is 0.538. The summed E-state index contributed by atoms with van der Waals surface area (Å²) in [5.74, 6) is 0. The molecule has 0 aliphatic carbocycles. The smallest absolute Gasteiger partial charge is 0.215 e. The van der Waals surface area contributed by atoms with E-state index in [1.54, 1.807) is 24.0 Å². The number of aromatic nitrogens is 3. The van der Waals surface area contributed by atoms with Gasteiger partial charge in [0, 0.05) is 19.3 Å². The van der Waals surface area contributed by atoms with Crippen molar-refractivity contribution in [3.8, 4) is 0 Å². The van der Waals surface area contributed by atoms with Crippen molar-refractivity contribution in [1.82, 2.24) is 25.0 Å². The molecule has 1 aromatic heterocycles. The molecule has 0 fully saturated rings. The number of nitrogens with zero attached hydrogens (tertiary/aromatic N) is 3. The van der Waals surface area contributed by atoms with Gasteiger partial charge in [0.05, 0.1) is 18.0 Å². The lowest BCUT2D eigenvalue weighted by Gasteiger charge is -2.14. The van der Waals surface area contributed by atoms with Crippen LogP contribution >= 0.6 is 0 Å². The molecule has 18 heavy (non-hydrogen) atoms. The summed E-state index contributed by atoms with van der Waals surface area (Å²) in [6.07, 6.45) is 4.25. The van der Waals surface area contributed by atoms with Crippen molar-refractivity contribution < 1.29 is 8.42 Å². The molecule has 2 N–H and O–H groups in total. The Balaban J connectivity index is 2.30. The molecule has 8 heteroatoms. The van der Waals surface area contributed by atoms with E-state index in [9.17, 15) is 8.42 Å². The van der Waals surface area contributed by atoms with Crippen LogP contribution in [0.2, 0.25) is 0 Å². The minimum absolute atomic E-state index is 0.323. The summed E-state index contributed by atoms with van der Waals surface area (Å²) in [6.45, 7) is 5.84. The number of nitrogens with one attached hydrogen (secondary N) is 2. The van der Waals surface area contributed by atoms with E-state index >= 15 is 0 Å². The summed E-state index contributed by atoms with van der Waals surface area (Å²) in [5, 5.41) is 10.1. The molecule has 1 heterocycles. The van der Waals surface area contributed by atoms with E-state index in [1.165, 1.54) is 0 Å². The van der Waals surface area contributed by atoms with Crippen LogP contribution < -0.4 is 10.0 Å². The monoisotopic (exact) mass is 275 g/mol. The Morgan fingerprint density at radius 2 is 2.17 bits per heavy atom. The van der Waals surface area contributed by atoms with Crippen molar-refractivity contribution in [2.75, 3.05) is 19.6 Å². The number of rotatable bonds is 9. The lowest BCUT2D eigenvalue weighted by Crippen LogP contribution is -2.40. The summed E-state index contributed by atoms with van der Waals surface area (Å²) in [5.41, 5.74) is 0. The van der Waals surface area contributed by atoms with Crippen molar-refractivity contribution in [2.45, 2.75) is 32.1 Å². The molecule has 104 valence electrons. The SMILES string of the molecule is CCCNCC(C)S(=O)(=O)NCCn1ccnn1. The van der Waals surface area contributed by atoms with Gasteiger partial charge in [-0.15, -0.1) is 5.10 Å². The highest BCUT2D eigenvalue weighted by molar-refractivity contribution is 7.90. The molecular weight excluding hydrogens is 254 g/mol. The number of hydrogen-bond acceptors (Lipinski definition) is 5. The van der Waals surface area contributed by atoms with Crippen LogP contribution in [-0.2, 0) is 16.6 Å². The molecule has 0 bridgehead atoms. The summed E-state index contributed by atoms with van der Waals surface area (Å²) < 4.78 is 27.9. The Morgan fingerprint density at radius 1 is 1.39 bits per heavy atom. The van der Waals surface area contributed by atoms with E-state index in [0.717, 1.165) is 13.0 Å². The molecule has 1 unspecified atom stereocenters. The molecule has 0 spiro atoms. The second-order valence-corrected chi connectivity index (χ2v) is 6.30. The maximum Gasteiger partial charge on any atom is 0.215 e. The highest BCUT2D eigenvalue weighted by Gasteiger charge is 2.19. The molecule has 0 aromatic carbocycles. The summed E-state index contributed by atoms with van der Waals surface area (Å²) >= 11 is 0. The zero-order chi connectivity index (χ0) is 13.4. The fourth-order valence-corrected chi connectivity index (χ4v) is 2.39. The van der Waals surface area contributed by atoms with Crippen molar-refractivity contribution >= 4 is 10.0 Å². The Hall–Kier alpha value is -0.990. The van der Waals surface area contributed by atoms with Gasteiger partial charge in [-0.25, -0.2) is 13.1 Å². The fraction of sp³-hybridized carbons (Fsp3) is 0.800. The van der Waals surface area contributed by atoms with Gasteiger partial charge < -0.3 is 5.32 Å². The Kier molecular flexibility index (Phi) is 6.23. The molecule has 0 amide bonds. The van der Waals surface area contributed by atoms with Crippen LogP contribution in [0.5, 0.6) is 0 Å². The minimum atomic E-state index is -3.27. The first kappa shape index (κ1) is 15.1. The third kappa shape index (κ3) is 5.11.